The van der Waals surface area contributed by atoms with Gasteiger partial charge >= 0.3 is 6.09 Å². The van der Waals surface area contributed by atoms with Gasteiger partial charge < -0.3 is 19.9 Å². The summed E-state index contributed by atoms with van der Waals surface area (Å²) in [5, 5.41) is 5.37. The average Bonchev–Trinajstić information content (AvgIpc) is 2.84. The Labute approximate surface area is 225 Å². The van der Waals surface area contributed by atoms with Gasteiger partial charge in [-0.25, -0.2) is 9.18 Å². The molecule has 8 nitrogen and oxygen atoms in total. The van der Waals surface area contributed by atoms with E-state index < -0.39 is 11.5 Å². The summed E-state index contributed by atoms with van der Waals surface area (Å²) in [4.78, 5) is 40.2. The van der Waals surface area contributed by atoms with Crippen molar-refractivity contribution in [1.82, 2.24) is 15.5 Å². The molecule has 0 aromatic heterocycles. The SMILES string of the molecule is CN(CC1CCN(c2ccc(C3CCC(=O)NC3=O)cc2F)CC1)C1CCC(NC(=O)OC(C)(C)C)CC1. The first-order valence-corrected chi connectivity index (χ1v) is 14.1. The molecule has 3 fully saturated rings. The monoisotopic (exact) mass is 530 g/mol. The summed E-state index contributed by atoms with van der Waals surface area (Å²) >= 11 is 0. The van der Waals surface area contributed by atoms with Crippen LogP contribution in [0.3, 0.4) is 0 Å². The number of carbonyl (C=O) groups excluding carboxylic acids is 3. The van der Waals surface area contributed by atoms with E-state index in [-0.39, 0.29) is 36.2 Å². The molecule has 1 atom stereocenters. The van der Waals surface area contributed by atoms with Gasteiger partial charge in [0.25, 0.3) is 0 Å². The molecule has 1 aromatic carbocycles. The molecule has 2 saturated heterocycles. The van der Waals surface area contributed by atoms with Gasteiger partial charge in [0, 0.05) is 38.1 Å². The van der Waals surface area contributed by atoms with Crippen LogP contribution in [0.1, 0.15) is 83.6 Å². The Hall–Kier alpha value is -2.68. The third-order valence-corrected chi connectivity index (χ3v) is 8.16. The van der Waals surface area contributed by atoms with E-state index in [9.17, 15) is 14.4 Å². The quantitative estimate of drug-likeness (QED) is 0.532. The van der Waals surface area contributed by atoms with Crippen molar-refractivity contribution in [2.75, 3.05) is 31.6 Å². The largest absolute Gasteiger partial charge is 0.444 e. The second-order valence-electron chi connectivity index (χ2n) is 12.2. The second kappa shape index (κ2) is 12.0. The normalized spacial score (nSPS) is 25.3. The summed E-state index contributed by atoms with van der Waals surface area (Å²) in [5.74, 6) is -0.814. The van der Waals surface area contributed by atoms with Crippen molar-refractivity contribution in [1.29, 1.82) is 0 Å². The Bertz CT molecular complexity index is 1010. The van der Waals surface area contributed by atoms with Crippen LogP contribution in [0, 0.1) is 11.7 Å². The molecule has 1 saturated carbocycles. The van der Waals surface area contributed by atoms with Crippen LogP contribution in [0.2, 0.25) is 0 Å². The summed E-state index contributed by atoms with van der Waals surface area (Å²) in [6.07, 6.45) is 6.42. The minimum absolute atomic E-state index is 0.175. The van der Waals surface area contributed by atoms with E-state index in [2.05, 4.69) is 27.5 Å². The van der Waals surface area contributed by atoms with Crippen molar-refractivity contribution < 1.29 is 23.5 Å². The minimum atomic E-state index is -0.484. The number of anilines is 1. The molecule has 210 valence electrons. The van der Waals surface area contributed by atoms with E-state index in [0.717, 1.165) is 58.2 Å². The van der Waals surface area contributed by atoms with Crippen molar-refractivity contribution >= 4 is 23.6 Å². The first kappa shape index (κ1) is 28.3. The number of piperidine rings is 2. The summed E-state index contributed by atoms with van der Waals surface area (Å²) in [6.45, 7) is 8.26. The van der Waals surface area contributed by atoms with E-state index in [1.165, 1.54) is 6.07 Å². The Kier molecular flexibility index (Phi) is 8.96. The predicted molar refractivity (Wildman–Crippen MR) is 145 cm³/mol. The number of hydrogen-bond donors (Lipinski definition) is 2. The smallest absolute Gasteiger partial charge is 0.407 e. The van der Waals surface area contributed by atoms with E-state index >= 15 is 4.39 Å². The number of imide groups is 1. The van der Waals surface area contributed by atoms with E-state index in [1.807, 2.05) is 26.8 Å². The highest BCUT2D eigenvalue weighted by molar-refractivity contribution is 6.00. The van der Waals surface area contributed by atoms with Crippen molar-refractivity contribution in [2.24, 2.45) is 5.92 Å². The predicted octanol–water partition coefficient (Wildman–Crippen LogP) is 4.33. The number of ether oxygens (including phenoxy) is 1. The fourth-order valence-corrected chi connectivity index (χ4v) is 6.06. The van der Waals surface area contributed by atoms with Crippen molar-refractivity contribution in [2.45, 2.75) is 95.7 Å². The Morgan fingerprint density at radius 1 is 1.11 bits per heavy atom. The maximum Gasteiger partial charge on any atom is 0.407 e. The first-order chi connectivity index (χ1) is 18.0. The maximum atomic E-state index is 15.1. The zero-order chi connectivity index (χ0) is 27.4. The van der Waals surface area contributed by atoms with Gasteiger partial charge in [0.05, 0.1) is 11.6 Å². The molecule has 1 unspecified atom stereocenters. The lowest BCUT2D eigenvalue weighted by atomic mass is 9.88. The molecule has 9 heteroatoms. The number of benzene rings is 1. The summed E-state index contributed by atoms with van der Waals surface area (Å²) < 4.78 is 20.4. The zero-order valence-electron chi connectivity index (χ0n) is 23.2. The molecule has 3 amide bonds. The lowest BCUT2D eigenvalue weighted by molar-refractivity contribution is -0.134. The van der Waals surface area contributed by atoms with Crippen molar-refractivity contribution in [3.63, 3.8) is 0 Å². The van der Waals surface area contributed by atoms with Crippen LogP contribution in [0.5, 0.6) is 0 Å². The number of hydrogen-bond acceptors (Lipinski definition) is 6. The standard InChI is InChI=1S/C29H43FN4O4/c1-29(2,3)38-28(37)31-21-6-8-22(9-7-21)33(4)18-19-13-15-34(16-14-19)25-11-5-20(17-24(25)30)23-10-12-26(35)32-27(23)36/h5,11,17,19,21-23H,6-10,12-16,18H2,1-4H3,(H,31,37)(H,32,35,36). The van der Waals surface area contributed by atoms with Crippen LogP contribution in [0.15, 0.2) is 18.2 Å². The van der Waals surface area contributed by atoms with E-state index in [4.69, 9.17) is 4.74 Å². The molecule has 1 aliphatic carbocycles. The third kappa shape index (κ3) is 7.46. The third-order valence-electron chi connectivity index (χ3n) is 8.16. The van der Waals surface area contributed by atoms with Gasteiger partial charge in [-0.15, -0.1) is 0 Å². The van der Waals surface area contributed by atoms with Gasteiger partial charge in [0.1, 0.15) is 11.4 Å². The Morgan fingerprint density at radius 3 is 2.39 bits per heavy atom. The summed E-state index contributed by atoms with van der Waals surface area (Å²) in [5.41, 5.74) is 0.731. The van der Waals surface area contributed by atoms with Gasteiger partial charge in [0.2, 0.25) is 11.8 Å². The second-order valence-corrected chi connectivity index (χ2v) is 12.2. The molecule has 38 heavy (non-hydrogen) atoms. The van der Waals surface area contributed by atoms with Crippen LogP contribution in [0.4, 0.5) is 14.9 Å². The van der Waals surface area contributed by atoms with Crippen LogP contribution in [-0.2, 0) is 14.3 Å². The zero-order valence-corrected chi connectivity index (χ0v) is 23.2. The van der Waals surface area contributed by atoms with Gasteiger partial charge in [0.15, 0.2) is 0 Å². The molecule has 1 aromatic rings. The number of carbonyl (C=O) groups is 3. The van der Waals surface area contributed by atoms with Gasteiger partial charge in [-0.1, -0.05) is 6.07 Å². The number of alkyl carbamates (subject to hydrolysis) is 1. The molecule has 2 heterocycles. The number of rotatable bonds is 6. The van der Waals surface area contributed by atoms with Gasteiger partial charge in [-0.05, 0) is 96.4 Å². The number of amides is 3. The number of nitrogens with zero attached hydrogens (tertiary/aromatic N) is 2. The molecule has 3 aliphatic rings. The topological polar surface area (TPSA) is 91.0 Å². The molecular formula is C29H43FN4O4. The molecule has 2 aliphatic heterocycles. The van der Waals surface area contributed by atoms with Crippen LogP contribution in [0.25, 0.3) is 0 Å². The van der Waals surface area contributed by atoms with Crippen LogP contribution < -0.4 is 15.5 Å². The average molecular weight is 531 g/mol. The fraction of sp³-hybridized carbons (Fsp3) is 0.690. The molecule has 0 radical (unpaired) electrons. The summed E-state index contributed by atoms with van der Waals surface area (Å²) in [7, 11) is 2.20. The number of nitrogens with one attached hydrogen (secondary N) is 2. The van der Waals surface area contributed by atoms with Gasteiger partial charge in [-0.3, -0.25) is 14.9 Å². The molecule has 0 bridgehead atoms. The molecule has 2 N–H and O–H groups in total. The highest BCUT2D eigenvalue weighted by Gasteiger charge is 2.31. The molecular weight excluding hydrogens is 487 g/mol. The minimum Gasteiger partial charge on any atom is -0.444 e. The fourth-order valence-electron chi connectivity index (χ4n) is 6.06. The van der Waals surface area contributed by atoms with E-state index in [0.29, 0.717) is 29.6 Å². The number of halogens is 1. The van der Waals surface area contributed by atoms with E-state index in [1.54, 1.807) is 6.07 Å². The Balaban J connectivity index is 1.21. The van der Waals surface area contributed by atoms with Crippen molar-refractivity contribution in [3.8, 4) is 0 Å². The van der Waals surface area contributed by atoms with Gasteiger partial charge in [-0.2, -0.15) is 0 Å². The lowest BCUT2D eigenvalue weighted by Crippen LogP contribution is -2.46. The van der Waals surface area contributed by atoms with Crippen molar-refractivity contribution in [3.05, 3.63) is 29.6 Å². The lowest BCUT2D eigenvalue weighted by Gasteiger charge is -2.39. The Morgan fingerprint density at radius 2 is 1.79 bits per heavy atom. The maximum absolute atomic E-state index is 15.1. The molecule has 0 spiro atoms. The summed E-state index contributed by atoms with van der Waals surface area (Å²) in [6, 6.07) is 5.76. The van der Waals surface area contributed by atoms with Crippen LogP contribution in [-0.4, -0.2) is 67.2 Å². The highest BCUT2D eigenvalue weighted by Crippen LogP contribution is 2.32. The molecule has 4 rings (SSSR count). The highest BCUT2D eigenvalue weighted by atomic mass is 19.1. The first-order valence-electron chi connectivity index (χ1n) is 14.1. The van der Waals surface area contributed by atoms with Crippen LogP contribution >= 0.6 is 0 Å².